The summed E-state index contributed by atoms with van der Waals surface area (Å²) >= 11 is 0. The van der Waals surface area contributed by atoms with Gasteiger partial charge in [-0.2, -0.15) is 0 Å². The van der Waals surface area contributed by atoms with Gasteiger partial charge in [-0.1, -0.05) is 75.9 Å². The number of carbonyl (C=O) groups excluding carboxylic acids is 1. The molecule has 0 spiro atoms. The van der Waals surface area contributed by atoms with Crippen LogP contribution in [0.3, 0.4) is 0 Å². The number of hydrogen-bond acceptors (Lipinski definition) is 5. The van der Waals surface area contributed by atoms with Gasteiger partial charge in [0.05, 0.1) is 6.54 Å². The van der Waals surface area contributed by atoms with E-state index in [1.54, 1.807) is 4.68 Å². The Labute approximate surface area is 212 Å². The van der Waals surface area contributed by atoms with Gasteiger partial charge < -0.3 is 9.88 Å². The summed E-state index contributed by atoms with van der Waals surface area (Å²) in [6.07, 6.45) is 8.59. The van der Waals surface area contributed by atoms with Gasteiger partial charge in [0.15, 0.2) is 11.2 Å². The summed E-state index contributed by atoms with van der Waals surface area (Å²) < 4.78 is 1.70. The quantitative estimate of drug-likeness (QED) is 0.547. The minimum Gasteiger partial charge on any atom is -0.342 e. The van der Waals surface area contributed by atoms with Crippen LogP contribution in [-0.4, -0.2) is 48.9 Å². The fourth-order valence-electron chi connectivity index (χ4n) is 5.68. The van der Waals surface area contributed by atoms with Gasteiger partial charge in [-0.3, -0.25) is 9.59 Å². The number of nitrogens with one attached hydrogen (secondary N) is 1. The van der Waals surface area contributed by atoms with Crippen molar-refractivity contribution >= 4 is 17.1 Å². The third-order valence-electron chi connectivity index (χ3n) is 7.95. The largest absolute Gasteiger partial charge is 0.342 e. The lowest BCUT2D eigenvalue weighted by atomic mass is 9.87. The van der Waals surface area contributed by atoms with E-state index in [-0.39, 0.29) is 28.3 Å². The third kappa shape index (κ3) is 5.37. The van der Waals surface area contributed by atoms with Gasteiger partial charge in [0.1, 0.15) is 5.82 Å². The molecule has 8 heteroatoms. The van der Waals surface area contributed by atoms with Crippen molar-refractivity contribution in [2.24, 2.45) is 5.92 Å². The summed E-state index contributed by atoms with van der Waals surface area (Å²) in [6.45, 7) is 8.47. The van der Waals surface area contributed by atoms with Crippen LogP contribution >= 0.6 is 0 Å². The summed E-state index contributed by atoms with van der Waals surface area (Å²) in [7, 11) is 0. The first-order valence-electron chi connectivity index (χ1n) is 13.5. The van der Waals surface area contributed by atoms with Crippen LogP contribution in [0.2, 0.25) is 0 Å². The molecule has 1 aromatic carbocycles. The Balaban J connectivity index is 1.31. The van der Waals surface area contributed by atoms with Gasteiger partial charge in [-0.15, -0.1) is 5.10 Å². The molecule has 1 aliphatic heterocycles. The molecule has 1 amide bonds. The zero-order valence-electron chi connectivity index (χ0n) is 21.8. The molecule has 1 N–H and O–H groups in total. The second-order valence-corrected chi connectivity index (χ2v) is 11.7. The highest BCUT2D eigenvalue weighted by Crippen LogP contribution is 2.30. The molecule has 0 unspecified atom stereocenters. The Morgan fingerprint density at radius 3 is 2.56 bits per heavy atom. The van der Waals surface area contributed by atoms with Gasteiger partial charge in [0.25, 0.3) is 5.56 Å². The molecule has 2 aliphatic rings. The molecule has 2 fully saturated rings. The first-order chi connectivity index (χ1) is 17.3. The number of likely N-dealkylation sites (tertiary alicyclic amines) is 1. The second kappa shape index (κ2) is 10.1. The highest BCUT2D eigenvalue weighted by atomic mass is 16.2. The number of hydrogen-bond donors (Lipinski definition) is 1. The number of fused-ring (bicyclic) bond motifs is 1. The molecule has 0 bridgehead atoms. The van der Waals surface area contributed by atoms with Crippen LogP contribution < -0.4 is 5.56 Å². The van der Waals surface area contributed by atoms with E-state index in [2.05, 4.69) is 60.3 Å². The van der Waals surface area contributed by atoms with Crippen LogP contribution in [0.1, 0.15) is 95.0 Å². The lowest BCUT2D eigenvalue weighted by Gasteiger charge is -2.32. The van der Waals surface area contributed by atoms with Crippen LogP contribution in [0.4, 0.5) is 0 Å². The third-order valence-corrected chi connectivity index (χ3v) is 7.95. The Kier molecular flexibility index (Phi) is 6.95. The second-order valence-electron chi connectivity index (χ2n) is 11.7. The number of aromatic amines is 1. The average molecular weight is 491 g/mol. The van der Waals surface area contributed by atoms with E-state index in [4.69, 9.17) is 4.98 Å². The maximum Gasteiger partial charge on any atom is 0.281 e. The van der Waals surface area contributed by atoms with Gasteiger partial charge >= 0.3 is 0 Å². The standard InChI is InChI=1S/C28H38N6O2/c1-28(2,3)22-13-10-20(11-14-22)17-34-26-24(31-32-34)27(36)30-25(29-26)21-9-6-16-33(18-21)23(35)15-12-19-7-4-5-8-19/h10-11,13-14,19,21H,4-9,12,15-18H2,1-3H3,(H,29,30,36)/t21-/m1/s1. The predicted octanol–water partition coefficient (Wildman–Crippen LogP) is 4.54. The van der Waals surface area contributed by atoms with E-state index in [0.29, 0.717) is 36.9 Å². The minimum absolute atomic E-state index is 0.0145. The number of H-pyrrole nitrogens is 1. The van der Waals surface area contributed by atoms with Crippen molar-refractivity contribution < 1.29 is 4.79 Å². The Morgan fingerprint density at radius 1 is 1.08 bits per heavy atom. The fraction of sp³-hybridized carbons (Fsp3) is 0.607. The molecule has 0 radical (unpaired) electrons. The van der Waals surface area contributed by atoms with Gasteiger partial charge in [0, 0.05) is 25.4 Å². The van der Waals surface area contributed by atoms with Crippen LogP contribution in [0.25, 0.3) is 11.2 Å². The lowest BCUT2D eigenvalue weighted by Crippen LogP contribution is -2.40. The average Bonchev–Trinajstić information content (AvgIpc) is 3.53. The number of piperidine rings is 1. The van der Waals surface area contributed by atoms with E-state index < -0.39 is 0 Å². The summed E-state index contributed by atoms with van der Waals surface area (Å²) in [5, 5.41) is 8.34. The van der Waals surface area contributed by atoms with Gasteiger partial charge in [-0.05, 0) is 41.7 Å². The molecule has 1 saturated heterocycles. The summed E-state index contributed by atoms with van der Waals surface area (Å²) in [6, 6.07) is 8.47. The van der Waals surface area contributed by atoms with Crippen LogP contribution in [-0.2, 0) is 16.8 Å². The number of amides is 1. The normalized spacial score (nSPS) is 19.3. The molecule has 3 aromatic rings. The summed E-state index contributed by atoms with van der Waals surface area (Å²) in [5.74, 6) is 1.60. The van der Waals surface area contributed by atoms with Crippen molar-refractivity contribution in [3.8, 4) is 0 Å². The van der Waals surface area contributed by atoms with E-state index >= 15 is 0 Å². The predicted molar refractivity (Wildman–Crippen MR) is 140 cm³/mol. The SMILES string of the molecule is CC(C)(C)c1ccc(Cn2nnc3c(=O)[nH]c([C@@H]4CCCN(C(=O)CCC5CCCC5)C4)nc32)cc1. The number of benzene rings is 1. The van der Waals surface area contributed by atoms with Gasteiger partial charge in [-0.25, -0.2) is 9.67 Å². The van der Waals surface area contributed by atoms with Crippen molar-refractivity contribution in [2.75, 3.05) is 13.1 Å². The van der Waals surface area contributed by atoms with Crippen LogP contribution in [0.5, 0.6) is 0 Å². The first kappa shape index (κ1) is 24.7. The fourth-order valence-corrected chi connectivity index (χ4v) is 5.68. The number of carbonyl (C=O) groups is 1. The molecule has 5 rings (SSSR count). The smallest absolute Gasteiger partial charge is 0.281 e. The zero-order chi connectivity index (χ0) is 25.3. The molecule has 8 nitrogen and oxygen atoms in total. The zero-order valence-corrected chi connectivity index (χ0v) is 21.8. The lowest BCUT2D eigenvalue weighted by molar-refractivity contribution is -0.132. The van der Waals surface area contributed by atoms with Gasteiger partial charge in [0.2, 0.25) is 5.91 Å². The minimum atomic E-state index is -0.269. The number of nitrogens with zero attached hydrogens (tertiary/aromatic N) is 5. The van der Waals surface area contributed by atoms with Crippen LogP contribution in [0.15, 0.2) is 29.1 Å². The van der Waals surface area contributed by atoms with E-state index in [0.717, 1.165) is 31.4 Å². The van der Waals surface area contributed by atoms with Crippen molar-refractivity contribution in [3.05, 3.63) is 51.6 Å². The van der Waals surface area contributed by atoms with Crippen molar-refractivity contribution in [1.29, 1.82) is 0 Å². The molecule has 3 heterocycles. The van der Waals surface area contributed by atoms with Crippen molar-refractivity contribution in [1.82, 2.24) is 29.9 Å². The van der Waals surface area contributed by atoms with E-state index in [9.17, 15) is 9.59 Å². The molecular formula is C28H38N6O2. The molecule has 192 valence electrons. The Hall–Kier alpha value is -3.03. The number of rotatable bonds is 6. The monoisotopic (exact) mass is 490 g/mol. The summed E-state index contributed by atoms with van der Waals surface area (Å²) in [5.41, 5.74) is 2.92. The Morgan fingerprint density at radius 2 is 1.83 bits per heavy atom. The molecule has 36 heavy (non-hydrogen) atoms. The molecule has 1 aliphatic carbocycles. The molecular weight excluding hydrogens is 452 g/mol. The molecule has 1 atom stereocenters. The van der Waals surface area contributed by atoms with Crippen LogP contribution in [0, 0.1) is 5.92 Å². The molecule has 1 saturated carbocycles. The van der Waals surface area contributed by atoms with Crippen molar-refractivity contribution in [2.45, 2.75) is 90.0 Å². The van der Waals surface area contributed by atoms with E-state index in [1.807, 2.05) is 4.90 Å². The Bertz CT molecular complexity index is 1260. The highest BCUT2D eigenvalue weighted by Gasteiger charge is 2.28. The highest BCUT2D eigenvalue weighted by molar-refractivity contribution is 5.76. The first-order valence-corrected chi connectivity index (χ1v) is 13.5. The maximum absolute atomic E-state index is 12.9. The molecule has 2 aromatic heterocycles. The number of aromatic nitrogens is 5. The van der Waals surface area contributed by atoms with Crippen molar-refractivity contribution in [3.63, 3.8) is 0 Å². The summed E-state index contributed by atoms with van der Waals surface area (Å²) in [4.78, 5) is 35.5. The maximum atomic E-state index is 12.9. The topological polar surface area (TPSA) is 96.8 Å². The van der Waals surface area contributed by atoms with E-state index in [1.165, 1.54) is 31.2 Å².